The van der Waals surface area contributed by atoms with Crippen LogP contribution < -0.4 is 16.0 Å². The van der Waals surface area contributed by atoms with Crippen LogP contribution in [-0.2, 0) is 11.3 Å². The average Bonchev–Trinajstić information content (AvgIpc) is 3.63. The third-order valence-electron chi connectivity index (χ3n) is 6.26. The van der Waals surface area contributed by atoms with Crippen LogP contribution in [0.2, 0.25) is 0 Å². The van der Waals surface area contributed by atoms with Gasteiger partial charge in [0.1, 0.15) is 6.33 Å². The summed E-state index contributed by atoms with van der Waals surface area (Å²) in [7, 11) is 0. The SMILES string of the molecule is NC(=O)CN1CCC(CNc2ncnc(N(Cc3ccc(C(F)F)cc3)C3CC3)c2F)CC1. The number of nitrogens with two attached hydrogens (primary N) is 1. The highest BCUT2D eigenvalue weighted by molar-refractivity contribution is 5.75. The molecule has 4 rings (SSSR count). The summed E-state index contributed by atoms with van der Waals surface area (Å²) in [4.78, 5) is 23.3. The molecule has 0 bridgehead atoms. The third kappa shape index (κ3) is 6.13. The molecule has 1 saturated heterocycles. The van der Waals surface area contributed by atoms with Gasteiger partial charge in [0.25, 0.3) is 6.43 Å². The molecule has 3 N–H and O–H groups in total. The Labute approximate surface area is 191 Å². The fraction of sp³-hybridized carbons (Fsp3) is 0.522. The van der Waals surface area contributed by atoms with Crippen molar-refractivity contribution in [1.29, 1.82) is 0 Å². The number of carbonyl (C=O) groups excluding carboxylic acids is 1. The van der Waals surface area contributed by atoms with E-state index in [0.717, 1.165) is 44.3 Å². The van der Waals surface area contributed by atoms with Gasteiger partial charge in [0.15, 0.2) is 11.6 Å². The minimum absolute atomic E-state index is 0.0307. The fourth-order valence-electron chi connectivity index (χ4n) is 4.22. The molecule has 10 heteroatoms. The number of likely N-dealkylation sites (tertiary alicyclic amines) is 1. The molecule has 0 unspecified atom stereocenters. The zero-order valence-corrected chi connectivity index (χ0v) is 18.4. The summed E-state index contributed by atoms with van der Waals surface area (Å²) in [6.45, 7) is 2.81. The van der Waals surface area contributed by atoms with Crippen LogP contribution in [0, 0.1) is 11.7 Å². The number of benzene rings is 1. The smallest absolute Gasteiger partial charge is 0.263 e. The summed E-state index contributed by atoms with van der Waals surface area (Å²) in [5.41, 5.74) is 6.05. The van der Waals surface area contributed by atoms with E-state index < -0.39 is 12.2 Å². The van der Waals surface area contributed by atoms with Crippen LogP contribution in [0.1, 0.15) is 43.2 Å². The zero-order chi connectivity index (χ0) is 23.4. The molecule has 2 heterocycles. The van der Waals surface area contributed by atoms with Crippen LogP contribution in [0.5, 0.6) is 0 Å². The number of hydrogen-bond acceptors (Lipinski definition) is 6. The highest BCUT2D eigenvalue weighted by atomic mass is 19.3. The monoisotopic (exact) mass is 462 g/mol. The number of aromatic nitrogens is 2. The molecule has 33 heavy (non-hydrogen) atoms. The number of primary amides is 1. The van der Waals surface area contributed by atoms with Gasteiger partial charge in [-0.2, -0.15) is 4.39 Å². The van der Waals surface area contributed by atoms with Crippen molar-refractivity contribution in [2.75, 3.05) is 36.4 Å². The Bertz CT molecular complexity index is 946. The van der Waals surface area contributed by atoms with Gasteiger partial charge in [-0.25, -0.2) is 18.7 Å². The van der Waals surface area contributed by atoms with Crippen molar-refractivity contribution >= 4 is 17.5 Å². The van der Waals surface area contributed by atoms with Crippen LogP contribution in [0.3, 0.4) is 0 Å². The third-order valence-corrected chi connectivity index (χ3v) is 6.26. The molecule has 0 radical (unpaired) electrons. The molecule has 178 valence electrons. The first-order valence-corrected chi connectivity index (χ1v) is 11.3. The van der Waals surface area contributed by atoms with Crippen molar-refractivity contribution in [3.63, 3.8) is 0 Å². The molecule has 1 aromatic carbocycles. The van der Waals surface area contributed by atoms with Crippen molar-refractivity contribution < 1.29 is 18.0 Å². The number of piperidine rings is 1. The second-order valence-corrected chi connectivity index (χ2v) is 8.83. The van der Waals surface area contributed by atoms with Crippen molar-refractivity contribution in [3.05, 3.63) is 47.5 Å². The number of anilines is 2. The highest BCUT2D eigenvalue weighted by Crippen LogP contribution is 2.35. The maximum atomic E-state index is 15.4. The predicted octanol–water partition coefficient (Wildman–Crippen LogP) is 3.33. The van der Waals surface area contributed by atoms with Gasteiger partial charge in [-0.3, -0.25) is 9.69 Å². The maximum absolute atomic E-state index is 15.4. The number of halogens is 3. The lowest BCUT2D eigenvalue weighted by Crippen LogP contribution is -2.40. The van der Waals surface area contributed by atoms with Gasteiger partial charge in [-0.1, -0.05) is 24.3 Å². The van der Waals surface area contributed by atoms with E-state index in [0.29, 0.717) is 19.0 Å². The second-order valence-electron chi connectivity index (χ2n) is 8.83. The molecule has 0 atom stereocenters. The summed E-state index contributed by atoms with van der Waals surface area (Å²) in [5.74, 6) is -0.0885. The first-order chi connectivity index (χ1) is 15.9. The molecule has 0 spiro atoms. The largest absolute Gasteiger partial charge is 0.369 e. The fourth-order valence-corrected chi connectivity index (χ4v) is 4.22. The summed E-state index contributed by atoms with van der Waals surface area (Å²) in [5, 5.41) is 3.13. The molecule has 1 aliphatic carbocycles. The number of carbonyl (C=O) groups is 1. The first kappa shape index (κ1) is 23.3. The first-order valence-electron chi connectivity index (χ1n) is 11.3. The zero-order valence-electron chi connectivity index (χ0n) is 18.4. The molecule has 7 nitrogen and oxygen atoms in total. The van der Waals surface area contributed by atoms with E-state index in [1.165, 1.54) is 18.5 Å². The molecule has 1 aliphatic heterocycles. The minimum atomic E-state index is -2.51. The molecular formula is C23H29F3N6O. The van der Waals surface area contributed by atoms with Crippen molar-refractivity contribution in [3.8, 4) is 0 Å². The molecule has 2 aromatic rings. The number of alkyl halides is 2. The average molecular weight is 463 g/mol. The summed E-state index contributed by atoms with van der Waals surface area (Å²) in [6.07, 6.45) is 2.50. The van der Waals surface area contributed by atoms with E-state index in [4.69, 9.17) is 5.73 Å². The highest BCUT2D eigenvalue weighted by Gasteiger charge is 2.33. The van der Waals surface area contributed by atoms with E-state index in [9.17, 15) is 13.6 Å². The Balaban J connectivity index is 1.39. The number of nitrogens with one attached hydrogen (secondary N) is 1. The van der Waals surface area contributed by atoms with Gasteiger partial charge < -0.3 is 16.0 Å². The molecular weight excluding hydrogens is 433 g/mol. The lowest BCUT2D eigenvalue weighted by Gasteiger charge is -2.31. The lowest BCUT2D eigenvalue weighted by molar-refractivity contribution is -0.119. The Hall–Kier alpha value is -2.88. The Morgan fingerprint density at radius 3 is 2.45 bits per heavy atom. The summed E-state index contributed by atoms with van der Waals surface area (Å²) >= 11 is 0. The van der Waals surface area contributed by atoms with Crippen molar-refractivity contribution in [2.45, 2.75) is 44.7 Å². The molecule has 1 aromatic heterocycles. The Morgan fingerprint density at radius 2 is 1.85 bits per heavy atom. The van der Waals surface area contributed by atoms with Crippen molar-refractivity contribution in [2.24, 2.45) is 11.7 Å². The Kier molecular flexibility index (Phi) is 7.32. The topological polar surface area (TPSA) is 87.4 Å². The van der Waals surface area contributed by atoms with Gasteiger partial charge >= 0.3 is 0 Å². The van der Waals surface area contributed by atoms with Crippen LogP contribution in [-0.4, -0.2) is 53.0 Å². The summed E-state index contributed by atoms with van der Waals surface area (Å²) < 4.78 is 41.0. The van der Waals surface area contributed by atoms with E-state index in [1.54, 1.807) is 12.1 Å². The number of nitrogens with zero attached hydrogens (tertiary/aromatic N) is 4. The lowest BCUT2D eigenvalue weighted by atomic mass is 9.97. The molecule has 1 amide bonds. The van der Waals surface area contributed by atoms with Crippen LogP contribution in [0.25, 0.3) is 0 Å². The predicted molar refractivity (Wildman–Crippen MR) is 119 cm³/mol. The van der Waals surface area contributed by atoms with Crippen molar-refractivity contribution in [1.82, 2.24) is 14.9 Å². The van der Waals surface area contributed by atoms with E-state index in [2.05, 4.69) is 15.3 Å². The normalized spacial score (nSPS) is 17.3. The van der Waals surface area contributed by atoms with Gasteiger partial charge in [-0.05, 0) is 50.3 Å². The van der Waals surface area contributed by atoms with Gasteiger partial charge in [0.2, 0.25) is 11.7 Å². The minimum Gasteiger partial charge on any atom is -0.369 e. The number of hydrogen-bond donors (Lipinski definition) is 2. The van der Waals surface area contributed by atoms with E-state index >= 15 is 4.39 Å². The van der Waals surface area contributed by atoms with Gasteiger partial charge in [0, 0.05) is 24.7 Å². The second kappa shape index (κ2) is 10.4. The van der Waals surface area contributed by atoms with Crippen LogP contribution in [0.4, 0.5) is 24.8 Å². The quantitative estimate of drug-likeness (QED) is 0.563. The van der Waals surface area contributed by atoms with Crippen LogP contribution in [0.15, 0.2) is 30.6 Å². The maximum Gasteiger partial charge on any atom is 0.263 e. The summed E-state index contributed by atoms with van der Waals surface area (Å²) in [6, 6.07) is 6.29. The standard InChI is InChI=1S/C23H29F3N6O/c24-20-22(28-11-15-7-9-31(10-8-15)13-19(27)33)29-14-30-23(20)32(18-5-6-18)12-16-1-3-17(4-2-16)21(25)26/h1-4,14-15,18,21H,5-13H2,(H2,27,33)(H,28,29,30). The number of amides is 1. The molecule has 2 fully saturated rings. The van der Waals surface area contributed by atoms with E-state index in [1.807, 2.05) is 9.80 Å². The van der Waals surface area contributed by atoms with Gasteiger partial charge in [-0.15, -0.1) is 0 Å². The van der Waals surface area contributed by atoms with Gasteiger partial charge in [0.05, 0.1) is 6.54 Å². The number of rotatable bonds is 10. The molecule has 2 aliphatic rings. The Morgan fingerprint density at radius 1 is 1.15 bits per heavy atom. The molecule has 1 saturated carbocycles. The van der Waals surface area contributed by atoms with E-state index in [-0.39, 0.29) is 35.7 Å². The van der Waals surface area contributed by atoms with Crippen LogP contribution >= 0.6 is 0 Å².